The van der Waals surface area contributed by atoms with Gasteiger partial charge in [-0.15, -0.1) is 0 Å². The molecule has 0 amide bonds. The third-order valence-electron chi connectivity index (χ3n) is 6.70. The number of nitrogens with zero attached hydrogens (tertiary/aromatic N) is 3. The molecule has 0 unspecified atom stereocenters. The Kier molecular flexibility index (Phi) is 5.29. The number of rotatable bonds is 5. The first-order valence-corrected chi connectivity index (χ1v) is 12.1. The minimum atomic E-state index is -0.268. The molecule has 0 aliphatic carbocycles. The van der Waals surface area contributed by atoms with Crippen molar-refractivity contribution in [1.29, 1.82) is 0 Å². The lowest BCUT2D eigenvalue weighted by Gasteiger charge is -2.16. The molecule has 2 aromatic heterocycles. The summed E-state index contributed by atoms with van der Waals surface area (Å²) >= 11 is 0. The molecule has 2 heterocycles. The SMILES string of the molecule is CCc1cc(-c2ccc3[nH]nc(-c4nc5c(-c6ccccc6F)cccc5[nH]4)c3c2)cc(N(C)C)c1. The molecule has 0 spiro atoms. The van der Waals surface area contributed by atoms with E-state index in [1.54, 1.807) is 12.1 Å². The van der Waals surface area contributed by atoms with Crippen LogP contribution in [-0.4, -0.2) is 34.3 Å². The normalized spacial score (nSPS) is 11.4. The summed E-state index contributed by atoms with van der Waals surface area (Å²) < 4.78 is 14.6. The van der Waals surface area contributed by atoms with Crippen LogP contribution in [0.15, 0.2) is 78.9 Å². The van der Waals surface area contributed by atoms with Gasteiger partial charge in [0, 0.05) is 36.3 Å². The molecule has 0 radical (unpaired) electrons. The summed E-state index contributed by atoms with van der Waals surface area (Å²) in [5.74, 6) is 0.379. The van der Waals surface area contributed by atoms with Crippen molar-refractivity contribution in [3.63, 3.8) is 0 Å². The number of benzene rings is 4. The average molecular weight is 476 g/mol. The van der Waals surface area contributed by atoms with Crippen molar-refractivity contribution in [3.05, 3.63) is 90.2 Å². The zero-order valence-electron chi connectivity index (χ0n) is 20.4. The highest BCUT2D eigenvalue weighted by Crippen LogP contribution is 2.34. The molecule has 0 saturated heterocycles. The van der Waals surface area contributed by atoms with E-state index < -0.39 is 0 Å². The summed E-state index contributed by atoms with van der Waals surface area (Å²) in [5.41, 5.74) is 9.26. The maximum Gasteiger partial charge on any atom is 0.159 e. The largest absolute Gasteiger partial charge is 0.378 e. The Morgan fingerprint density at radius 1 is 0.833 bits per heavy atom. The fraction of sp³-hybridized carbons (Fsp3) is 0.133. The van der Waals surface area contributed by atoms with Gasteiger partial charge in [-0.25, -0.2) is 9.37 Å². The van der Waals surface area contributed by atoms with Gasteiger partial charge in [0.1, 0.15) is 11.5 Å². The molecule has 6 heteroatoms. The number of aryl methyl sites for hydroxylation is 1. The highest BCUT2D eigenvalue weighted by atomic mass is 19.1. The summed E-state index contributed by atoms with van der Waals surface area (Å²) in [7, 11) is 4.13. The van der Waals surface area contributed by atoms with E-state index in [1.807, 2.05) is 24.3 Å². The molecule has 2 N–H and O–H groups in total. The highest BCUT2D eigenvalue weighted by molar-refractivity contribution is 5.98. The monoisotopic (exact) mass is 475 g/mol. The third-order valence-corrected chi connectivity index (χ3v) is 6.70. The molecule has 0 fully saturated rings. The van der Waals surface area contributed by atoms with E-state index in [9.17, 15) is 4.39 Å². The minimum absolute atomic E-state index is 0.268. The smallest absolute Gasteiger partial charge is 0.159 e. The van der Waals surface area contributed by atoms with Crippen LogP contribution < -0.4 is 4.90 Å². The Bertz CT molecular complexity index is 1730. The number of hydrogen-bond donors (Lipinski definition) is 2. The lowest BCUT2D eigenvalue weighted by molar-refractivity contribution is 0.631. The van der Waals surface area contributed by atoms with Gasteiger partial charge in [-0.3, -0.25) is 5.10 Å². The summed E-state index contributed by atoms with van der Waals surface area (Å²) in [6, 6.07) is 25.6. The summed E-state index contributed by atoms with van der Waals surface area (Å²) in [6.07, 6.45) is 0.969. The molecule has 0 aliphatic heterocycles. The van der Waals surface area contributed by atoms with E-state index in [1.165, 1.54) is 22.9 Å². The Hall–Kier alpha value is -4.45. The molecule has 0 atom stereocenters. The van der Waals surface area contributed by atoms with Crippen molar-refractivity contribution in [2.75, 3.05) is 19.0 Å². The lowest BCUT2D eigenvalue weighted by Crippen LogP contribution is -2.09. The van der Waals surface area contributed by atoms with Crippen LogP contribution in [-0.2, 0) is 6.42 Å². The van der Waals surface area contributed by atoms with Crippen LogP contribution in [0, 0.1) is 5.82 Å². The van der Waals surface area contributed by atoms with Gasteiger partial charge in [-0.1, -0.05) is 49.4 Å². The second kappa shape index (κ2) is 8.64. The van der Waals surface area contributed by atoms with Crippen LogP contribution >= 0.6 is 0 Å². The first kappa shape index (κ1) is 22.0. The predicted molar refractivity (Wildman–Crippen MR) is 146 cm³/mol. The van der Waals surface area contributed by atoms with E-state index in [2.05, 4.69) is 77.5 Å². The van der Waals surface area contributed by atoms with Crippen LogP contribution in [0.4, 0.5) is 10.1 Å². The molecule has 4 aromatic carbocycles. The molecule has 6 rings (SSSR count). The van der Waals surface area contributed by atoms with Crippen molar-refractivity contribution < 1.29 is 4.39 Å². The molecular weight excluding hydrogens is 449 g/mol. The molecule has 0 saturated carbocycles. The van der Waals surface area contributed by atoms with Gasteiger partial charge in [0.25, 0.3) is 0 Å². The molecule has 5 nitrogen and oxygen atoms in total. The second-order valence-electron chi connectivity index (χ2n) is 9.24. The highest BCUT2D eigenvalue weighted by Gasteiger charge is 2.17. The lowest BCUT2D eigenvalue weighted by atomic mass is 9.99. The number of H-pyrrole nitrogens is 2. The number of aromatic amines is 2. The van der Waals surface area contributed by atoms with Crippen LogP contribution in [0.2, 0.25) is 0 Å². The van der Waals surface area contributed by atoms with Crippen LogP contribution in [0.5, 0.6) is 0 Å². The van der Waals surface area contributed by atoms with Crippen molar-refractivity contribution >= 4 is 27.6 Å². The fourth-order valence-electron chi connectivity index (χ4n) is 4.72. The van der Waals surface area contributed by atoms with Crippen molar-refractivity contribution in [2.24, 2.45) is 0 Å². The average Bonchev–Trinajstić information content (AvgIpc) is 3.52. The van der Waals surface area contributed by atoms with Gasteiger partial charge in [-0.2, -0.15) is 5.10 Å². The molecule has 178 valence electrons. The van der Waals surface area contributed by atoms with Crippen molar-refractivity contribution in [3.8, 4) is 33.8 Å². The van der Waals surface area contributed by atoms with Crippen molar-refractivity contribution in [2.45, 2.75) is 13.3 Å². The number of para-hydroxylation sites is 1. The van der Waals surface area contributed by atoms with Gasteiger partial charge in [0.05, 0.1) is 16.6 Å². The van der Waals surface area contributed by atoms with Gasteiger partial charge in [-0.05, 0) is 59.5 Å². The van der Waals surface area contributed by atoms with E-state index in [4.69, 9.17) is 4.98 Å². The van der Waals surface area contributed by atoms with Gasteiger partial charge in [0.2, 0.25) is 0 Å². The summed E-state index contributed by atoms with van der Waals surface area (Å²) in [6.45, 7) is 2.17. The quantitative estimate of drug-likeness (QED) is 0.277. The molecule has 6 aromatic rings. The maximum absolute atomic E-state index is 14.6. The first-order chi connectivity index (χ1) is 17.5. The fourth-order valence-corrected chi connectivity index (χ4v) is 4.72. The number of aromatic nitrogens is 4. The van der Waals surface area contributed by atoms with E-state index in [-0.39, 0.29) is 5.82 Å². The van der Waals surface area contributed by atoms with Crippen LogP contribution in [0.3, 0.4) is 0 Å². The number of anilines is 1. The Morgan fingerprint density at radius 2 is 1.67 bits per heavy atom. The van der Waals surface area contributed by atoms with Crippen molar-refractivity contribution in [1.82, 2.24) is 20.2 Å². The zero-order valence-corrected chi connectivity index (χ0v) is 20.4. The van der Waals surface area contributed by atoms with E-state index in [0.29, 0.717) is 11.4 Å². The third kappa shape index (κ3) is 3.71. The Balaban J connectivity index is 1.49. The first-order valence-electron chi connectivity index (χ1n) is 12.1. The minimum Gasteiger partial charge on any atom is -0.378 e. The maximum atomic E-state index is 14.6. The van der Waals surface area contributed by atoms with Gasteiger partial charge >= 0.3 is 0 Å². The van der Waals surface area contributed by atoms with Gasteiger partial charge in [0.15, 0.2) is 5.82 Å². The number of halogens is 1. The molecule has 36 heavy (non-hydrogen) atoms. The molecule has 0 bridgehead atoms. The van der Waals surface area contributed by atoms with Crippen LogP contribution in [0.25, 0.3) is 55.7 Å². The standard InChI is InChI=1S/C30H26FN5/c1-4-18-14-20(16-21(15-18)36(2)3)19-12-13-26-24(17-19)29(35-34-26)30-32-27-11-7-9-23(28(27)33-30)22-8-5-6-10-25(22)31/h5-17H,4H2,1-3H3,(H,32,33)(H,34,35). The topological polar surface area (TPSA) is 60.6 Å². The zero-order chi connectivity index (χ0) is 24.8. The Morgan fingerprint density at radius 3 is 2.47 bits per heavy atom. The second-order valence-corrected chi connectivity index (χ2v) is 9.24. The van der Waals surface area contributed by atoms with Crippen LogP contribution in [0.1, 0.15) is 12.5 Å². The summed E-state index contributed by atoms with van der Waals surface area (Å²) in [4.78, 5) is 10.4. The number of nitrogens with one attached hydrogen (secondary N) is 2. The predicted octanol–water partition coefficient (Wildman–Crippen LogP) is 7.21. The number of fused-ring (bicyclic) bond motifs is 2. The number of hydrogen-bond acceptors (Lipinski definition) is 3. The number of imidazole rings is 1. The van der Waals surface area contributed by atoms with E-state index in [0.717, 1.165) is 45.2 Å². The van der Waals surface area contributed by atoms with E-state index >= 15 is 0 Å². The molecular formula is C30H26FN5. The van der Waals surface area contributed by atoms with Gasteiger partial charge < -0.3 is 9.88 Å². The molecule has 0 aliphatic rings. The Labute approximate surface area is 208 Å². The summed E-state index contributed by atoms with van der Waals surface area (Å²) in [5, 5.41) is 8.71.